The van der Waals surface area contributed by atoms with Crippen molar-refractivity contribution < 1.29 is 12.8 Å². The first-order valence-electron chi connectivity index (χ1n) is 6.46. The van der Waals surface area contributed by atoms with Crippen molar-refractivity contribution in [1.29, 1.82) is 0 Å². The molecule has 0 radical (unpaired) electrons. The maximum Gasteiger partial charge on any atom is 0.218 e. The van der Waals surface area contributed by atoms with Crippen LogP contribution in [-0.2, 0) is 15.8 Å². The average molecular weight is 286 g/mol. The lowest BCUT2D eigenvalue weighted by molar-refractivity contribution is 0.196. The van der Waals surface area contributed by atoms with Crippen LogP contribution >= 0.6 is 0 Å². The van der Waals surface area contributed by atoms with Crippen LogP contribution in [0.15, 0.2) is 24.3 Å². The summed E-state index contributed by atoms with van der Waals surface area (Å²) >= 11 is 0. The first kappa shape index (κ1) is 14.4. The molecule has 0 unspecified atom stereocenters. The first-order valence-corrected chi connectivity index (χ1v) is 8.07. The second-order valence-corrected chi connectivity index (χ2v) is 6.65. The van der Waals surface area contributed by atoms with Crippen molar-refractivity contribution in [3.63, 3.8) is 0 Å². The van der Waals surface area contributed by atoms with E-state index in [-0.39, 0.29) is 11.3 Å². The Kier molecular flexibility index (Phi) is 4.54. The topological polar surface area (TPSA) is 40.6 Å². The Morgan fingerprint density at radius 2 is 1.79 bits per heavy atom. The van der Waals surface area contributed by atoms with E-state index in [1.165, 1.54) is 16.4 Å². The summed E-state index contributed by atoms with van der Waals surface area (Å²) in [7, 11) is -3.42. The number of hydrogen-bond acceptors (Lipinski definition) is 3. The second-order valence-electron chi connectivity index (χ2n) is 4.68. The van der Waals surface area contributed by atoms with Crippen LogP contribution in [0.25, 0.3) is 0 Å². The molecule has 1 aromatic rings. The molecule has 2 rings (SSSR count). The third kappa shape index (κ3) is 3.52. The molecule has 1 saturated heterocycles. The number of halogens is 1. The van der Waals surface area contributed by atoms with Gasteiger partial charge in [-0.05, 0) is 12.6 Å². The highest BCUT2D eigenvalue weighted by atomic mass is 32.2. The van der Waals surface area contributed by atoms with Gasteiger partial charge in [-0.25, -0.2) is 12.8 Å². The number of likely N-dealkylation sites (N-methyl/N-ethyl adjacent to an activating group) is 1. The van der Waals surface area contributed by atoms with Crippen LogP contribution in [0.1, 0.15) is 12.5 Å². The fourth-order valence-electron chi connectivity index (χ4n) is 2.23. The molecule has 0 saturated carbocycles. The number of benzene rings is 1. The lowest BCUT2D eigenvalue weighted by Gasteiger charge is -2.33. The number of piperazine rings is 1. The van der Waals surface area contributed by atoms with Gasteiger partial charge in [0.1, 0.15) is 5.82 Å². The van der Waals surface area contributed by atoms with Gasteiger partial charge in [-0.2, -0.15) is 4.31 Å². The van der Waals surface area contributed by atoms with E-state index in [0.717, 1.165) is 19.6 Å². The molecule has 0 spiro atoms. The van der Waals surface area contributed by atoms with Crippen molar-refractivity contribution in [2.24, 2.45) is 0 Å². The van der Waals surface area contributed by atoms with E-state index in [0.29, 0.717) is 13.1 Å². The Hall–Kier alpha value is -0.980. The molecule has 0 atom stereocenters. The quantitative estimate of drug-likeness (QED) is 0.837. The Morgan fingerprint density at radius 3 is 2.37 bits per heavy atom. The molecule has 0 N–H and O–H groups in total. The molecule has 1 fully saturated rings. The lowest BCUT2D eigenvalue weighted by Crippen LogP contribution is -2.48. The van der Waals surface area contributed by atoms with Crippen molar-refractivity contribution >= 4 is 10.0 Å². The van der Waals surface area contributed by atoms with Gasteiger partial charge >= 0.3 is 0 Å². The largest absolute Gasteiger partial charge is 0.301 e. The highest BCUT2D eigenvalue weighted by molar-refractivity contribution is 7.88. The number of hydrogen-bond donors (Lipinski definition) is 0. The fraction of sp³-hybridized carbons (Fsp3) is 0.538. The molecule has 1 aliphatic rings. The molecule has 0 bridgehead atoms. The summed E-state index contributed by atoms with van der Waals surface area (Å²) in [6, 6.07) is 6.03. The van der Waals surface area contributed by atoms with Gasteiger partial charge in [0.2, 0.25) is 10.0 Å². The van der Waals surface area contributed by atoms with Crippen LogP contribution in [-0.4, -0.2) is 50.3 Å². The molecule has 1 aliphatic heterocycles. The van der Waals surface area contributed by atoms with Crippen LogP contribution in [0.2, 0.25) is 0 Å². The SMILES string of the molecule is CCN1CCN(S(=O)(=O)Cc2ccccc2F)CC1. The predicted molar refractivity (Wildman–Crippen MR) is 72.7 cm³/mol. The van der Waals surface area contributed by atoms with E-state index in [1.54, 1.807) is 12.1 Å². The third-order valence-electron chi connectivity index (χ3n) is 3.47. The van der Waals surface area contributed by atoms with E-state index in [4.69, 9.17) is 0 Å². The molecule has 106 valence electrons. The molecular formula is C13H19FN2O2S. The van der Waals surface area contributed by atoms with Crippen LogP contribution in [0.3, 0.4) is 0 Å². The standard InChI is InChI=1S/C13H19FN2O2S/c1-2-15-7-9-16(10-8-15)19(17,18)11-12-5-3-4-6-13(12)14/h3-6H,2,7-11H2,1H3. The van der Waals surface area contributed by atoms with Crippen molar-refractivity contribution in [1.82, 2.24) is 9.21 Å². The summed E-state index contributed by atoms with van der Waals surface area (Å²) in [5.74, 6) is -0.718. The van der Waals surface area contributed by atoms with E-state index in [2.05, 4.69) is 11.8 Å². The summed E-state index contributed by atoms with van der Waals surface area (Å²) in [4.78, 5) is 2.20. The van der Waals surface area contributed by atoms with Gasteiger partial charge < -0.3 is 4.90 Å². The predicted octanol–water partition coefficient (Wildman–Crippen LogP) is 1.29. The van der Waals surface area contributed by atoms with Crippen LogP contribution in [0, 0.1) is 5.82 Å². The first-order chi connectivity index (χ1) is 9.03. The summed E-state index contributed by atoms with van der Waals surface area (Å²) < 4.78 is 39.5. The van der Waals surface area contributed by atoms with Gasteiger partial charge in [0.05, 0.1) is 5.75 Å². The van der Waals surface area contributed by atoms with Crippen LogP contribution in [0.5, 0.6) is 0 Å². The van der Waals surface area contributed by atoms with E-state index in [9.17, 15) is 12.8 Å². The number of sulfonamides is 1. The van der Waals surface area contributed by atoms with Crippen molar-refractivity contribution in [3.05, 3.63) is 35.6 Å². The molecule has 0 amide bonds. The summed E-state index contributed by atoms with van der Waals surface area (Å²) in [6.45, 7) is 5.46. The zero-order valence-electron chi connectivity index (χ0n) is 11.0. The van der Waals surface area contributed by atoms with E-state index >= 15 is 0 Å². The minimum absolute atomic E-state index is 0.237. The molecular weight excluding hydrogens is 267 g/mol. The summed E-state index contributed by atoms with van der Waals surface area (Å²) in [5, 5.41) is 0. The number of nitrogens with zero attached hydrogens (tertiary/aromatic N) is 2. The Balaban J connectivity index is 2.05. The smallest absolute Gasteiger partial charge is 0.218 e. The van der Waals surface area contributed by atoms with Gasteiger partial charge in [-0.1, -0.05) is 25.1 Å². The lowest BCUT2D eigenvalue weighted by atomic mass is 10.2. The van der Waals surface area contributed by atoms with Gasteiger partial charge in [0, 0.05) is 31.7 Å². The molecule has 0 aromatic heterocycles. The molecule has 19 heavy (non-hydrogen) atoms. The van der Waals surface area contributed by atoms with Gasteiger partial charge in [0.15, 0.2) is 0 Å². The van der Waals surface area contributed by atoms with Crippen molar-refractivity contribution in [3.8, 4) is 0 Å². The van der Waals surface area contributed by atoms with Crippen LogP contribution in [0.4, 0.5) is 4.39 Å². The molecule has 1 aromatic carbocycles. The maximum atomic E-state index is 13.5. The fourth-order valence-corrected chi connectivity index (χ4v) is 3.76. The van der Waals surface area contributed by atoms with E-state index in [1.807, 2.05) is 0 Å². The molecule has 6 heteroatoms. The van der Waals surface area contributed by atoms with Crippen molar-refractivity contribution in [2.45, 2.75) is 12.7 Å². The zero-order valence-corrected chi connectivity index (χ0v) is 11.9. The normalized spacial score (nSPS) is 18.6. The molecule has 4 nitrogen and oxygen atoms in total. The Bertz CT molecular complexity index is 525. The average Bonchev–Trinajstić information content (AvgIpc) is 2.41. The van der Waals surface area contributed by atoms with Crippen molar-refractivity contribution in [2.75, 3.05) is 32.7 Å². The molecule has 0 aliphatic carbocycles. The highest BCUT2D eigenvalue weighted by Gasteiger charge is 2.27. The molecule has 1 heterocycles. The minimum atomic E-state index is -3.42. The minimum Gasteiger partial charge on any atom is -0.301 e. The number of rotatable bonds is 4. The summed E-state index contributed by atoms with van der Waals surface area (Å²) in [5.41, 5.74) is 0.237. The zero-order chi connectivity index (χ0) is 13.9. The highest BCUT2D eigenvalue weighted by Crippen LogP contribution is 2.15. The van der Waals surface area contributed by atoms with Gasteiger partial charge in [-0.15, -0.1) is 0 Å². The maximum absolute atomic E-state index is 13.5. The Morgan fingerprint density at radius 1 is 1.16 bits per heavy atom. The summed E-state index contributed by atoms with van der Waals surface area (Å²) in [6.07, 6.45) is 0. The second kappa shape index (κ2) is 5.98. The van der Waals surface area contributed by atoms with Gasteiger partial charge in [-0.3, -0.25) is 0 Å². The monoisotopic (exact) mass is 286 g/mol. The van der Waals surface area contributed by atoms with E-state index < -0.39 is 15.8 Å². The third-order valence-corrected chi connectivity index (χ3v) is 5.30. The van der Waals surface area contributed by atoms with Crippen LogP contribution < -0.4 is 0 Å². The Labute approximate surface area is 113 Å². The van der Waals surface area contributed by atoms with Gasteiger partial charge in [0.25, 0.3) is 0 Å².